The lowest BCUT2D eigenvalue weighted by Gasteiger charge is -2.23. The lowest BCUT2D eigenvalue weighted by Crippen LogP contribution is -2.40. The van der Waals surface area contributed by atoms with E-state index in [1.807, 2.05) is 49.6 Å². The van der Waals surface area contributed by atoms with Crippen molar-refractivity contribution in [2.24, 2.45) is 0 Å². The van der Waals surface area contributed by atoms with Crippen molar-refractivity contribution < 1.29 is 4.79 Å². The van der Waals surface area contributed by atoms with Gasteiger partial charge in [-0.3, -0.25) is 4.79 Å². The third-order valence-electron chi connectivity index (χ3n) is 3.73. The van der Waals surface area contributed by atoms with Crippen molar-refractivity contribution >= 4 is 50.1 Å². The maximum absolute atomic E-state index is 12.6. The molecule has 0 atom stereocenters. The molecule has 3 aromatic heterocycles. The molecule has 4 aromatic rings. The maximum atomic E-state index is 12.6. The third-order valence-corrected chi connectivity index (χ3v) is 7.11. The summed E-state index contributed by atoms with van der Waals surface area (Å²) in [5.74, 6) is -0.0856. The number of fused-ring (bicyclic) bond motifs is 1. The van der Waals surface area contributed by atoms with Gasteiger partial charge in [-0.2, -0.15) is 0 Å². The fraction of sp³-hybridized carbons (Fsp3) is 0.167. The molecular weight excluding hydrogens is 370 g/mol. The van der Waals surface area contributed by atoms with Crippen molar-refractivity contribution in [3.8, 4) is 9.88 Å². The van der Waals surface area contributed by atoms with E-state index < -0.39 is 5.54 Å². The number of carbonyl (C=O) groups is 1. The van der Waals surface area contributed by atoms with Crippen molar-refractivity contribution in [2.75, 3.05) is 0 Å². The predicted octanol–water partition coefficient (Wildman–Crippen LogP) is 5.15. The number of thiophene rings is 1. The molecule has 4 nitrogen and oxygen atoms in total. The van der Waals surface area contributed by atoms with Crippen LogP contribution in [0, 0.1) is 0 Å². The van der Waals surface area contributed by atoms with Gasteiger partial charge in [0.1, 0.15) is 10.0 Å². The second-order valence-electron chi connectivity index (χ2n) is 6.07. The van der Waals surface area contributed by atoms with Crippen LogP contribution in [0.5, 0.6) is 0 Å². The van der Waals surface area contributed by atoms with Gasteiger partial charge in [0.25, 0.3) is 5.91 Å². The van der Waals surface area contributed by atoms with Crippen LogP contribution in [-0.2, 0) is 5.54 Å². The number of rotatable bonds is 4. The number of nitrogens with one attached hydrogen (secondary N) is 1. The summed E-state index contributed by atoms with van der Waals surface area (Å²) in [5.41, 5.74) is 0.498. The van der Waals surface area contributed by atoms with Crippen LogP contribution in [0.1, 0.15) is 28.5 Å². The maximum Gasteiger partial charge on any atom is 0.262 e. The summed E-state index contributed by atoms with van der Waals surface area (Å²) in [6.07, 6.45) is 1.75. The van der Waals surface area contributed by atoms with Crippen LogP contribution in [-0.4, -0.2) is 15.9 Å². The normalized spacial score (nSPS) is 11.8. The first kappa shape index (κ1) is 16.4. The van der Waals surface area contributed by atoms with Crippen LogP contribution in [0.25, 0.3) is 20.1 Å². The van der Waals surface area contributed by atoms with Gasteiger partial charge in [0.05, 0.1) is 25.5 Å². The van der Waals surface area contributed by atoms with Crippen LogP contribution < -0.4 is 5.32 Å². The van der Waals surface area contributed by atoms with Crippen molar-refractivity contribution in [1.29, 1.82) is 0 Å². The molecule has 4 rings (SSSR count). The number of nitrogens with zero attached hydrogens (tertiary/aromatic N) is 2. The molecule has 0 fully saturated rings. The topological polar surface area (TPSA) is 54.9 Å². The highest BCUT2D eigenvalue weighted by Gasteiger charge is 2.26. The van der Waals surface area contributed by atoms with Gasteiger partial charge in [0, 0.05) is 11.6 Å². The highest BCUT2D eigenvalue weighted by atomic mass is 32.1. The average molecular weight is 386 g/mol. The SMILES string of the molecule is CC(C)(NC(=O)c1ccc(-c2nc3ccccc3s2)s1)c1nccs1. The zero-order valence-electron chi connectivity index (χ0n) is 13.6. The number of carbonyl (C=O) groups excluding carboxylic acids is 1. The Kier molecular flexibility index (Phi) is 4.15. The zero-order chi connectivity index (χ0) is 17.4. The molecule has 0 aliphatic carbocycles. The number of benzene rings is 1. The van der Waals surface area contributed by atoms with Crippen LogP contribution in [0.4, 0.5) is 0 Å². The summed E-state index contributed by atoms with van der Waals surface area (Å²) in [6.45, 7) is 3.93. The fourth-order valence-electron chi connectivity index (χ4n) is 2.48. The van der Waals surface area contributed by atoms with Gasteiger partial charge in [0.2, 0.25) is 0 Å². The number of amides is 1. The Morgan fingerprint density at radius 2 is 1.96 bits per heavy atom. The van der Waals surface area contributed by atoms with E-state index in [0.29, 0.717) is 4.88 Å². The minimum atomic E-state index is -0.495. The van der Waals surface area contributed by atoms with Crippen LogP contribution >= 0.6 is 34.0 Å². The van der Waals surface area contributed by atoms with Crippen LogP contribution in [0.15, 0.2) is 48.0 Å². The molecule has 126 valence electrons. The van der Waals surface area contributed by atoms with E-state index in [2.05, 4.69) is 21.4 Å². The Bertz CT molecular complexity index is 998. The first-order chi connectivity index (χ1) is 12.0. The van der Waals surface area contributed by atoms with Crippen molar-refractivity contribution in [3.63, 3.8) is 0 Å². The van der Waals surface area contributed by atoms with Crippen molar-refractivity contribution in [3.05, 3.63) is 57.9 Å². The second-order valence-corrected chi connectivity index (χ2v) is 9.08. The zero-order valence-corrected chi connectivity index (χ0v) is 16.1. The Morgan fingerprint density at radius 3 is 2.72 bits per heavy atom. The van der Waals surface area contributed by atoms with E-state index in [1.165, 1.54) is 11.3 Å². The largest absolute Gasteiger partial charge is 0.340 e. The minimum Gasteiger partial charge on any atom is -0.340 e. The molecule has 0 saturated heterocycles. The van der Waals surface area contributed by atoms with Crippen molar-refractivity contribution in [2.45, 2.75) is 19.4 Å². The third kappa shape index (κ3) is 3.22. The molecule has 1 aromatic carbocycles. The quantitative estimate of drug-likeness (QED) is 0.529. The van der Waals surface area contributed by atoms with E-state index >= 15 is 0 Å². The van der Waals surface area contributed by atoms with Crippen molar-refractivity contribution in [1.82, 2.24) is 15.3 Å². The standard InChI is InChI=1S/C18H15N3OS3/c1-18(2,17-19-9-10-23-17)21-15(22)13-7-8-14(24-13)16-20-11-5-3-4-6-12(11)25-16/h3-10H,1-2H3,(H,21,22). The summed E-state index contributed by atoms with van der Waals surface area (Å²) >= 11 is 4.65. The fourth-order valence-corrected chi connectivity index (χ4v) is 5.12. The molecule has 0 aliphatic rings. The average Bonchev–Trinajstić information content (AvgIpc) is 3.32. The molecule has 1 amide bonds. The van der Waals surface area contributed by atoms with Gasteiger partial charge in [-0.25, -0.2) is 9.97 Å². The van der Waals surface area contributed by atoms with Gasteiger partial charge < -0.3 is 5.32 Å². The number of hydrogen-bond donors (Lipinski definition) is 1. The Hall–Kier alpha value is -2.09. The number of thiazole rings is 2. The van der Waals surface area contributed by atoms with E-state index in [1.54, 1.807) is 28.9 Å². The van der Waals surface area contributed by atoms with Crippen LogP contribution in [0.2, 0.25) is 0 Å². The molecule has 1 N–H and O–H groups in total. The lowest BCUT2D eigenvalue weighted by atomic mass is 10.1. The van der Waals surface area contributed by atoms with E-state index in [9.17, 15) is 4.79 Å². The number of hydrogen-bond acceptors (Lipinski definition) is 6. The van der Waals surface area contributed by atoms with Gasteiger partial charge in [-0.15, -0.1) is 34.0 Å². The van der Waals surface area contributed by atoms with E-state index in [-0.39, 0.29) is 5.91 Å². The van der Waals surface area contributed by atoms with E-state index in [0.717, 1.165) is 25.1 Å². The van der Waals surface area contributed by atoms with E-state index in [4.69, 9.17) is 0 Å². The molecule has 0 radical (unpaired) electrons. The Balaban J connectivity index is 1.57. The molecule has 0 saturated carbocycles. The second kappa shape index (κ2) is 6.33. The first-order valence-corrected chi connectivity index (χ1v) is 10.2. The molecule has 3 heterocycles. The number of aromatic nitrogens is 2. The molecule has 0 unspecified atom stereocenters. The lowest BCUT2D eigenvalue weighted by molar-refractivity contribution is 0.0916. The molecule has 25 heavy (non-hydrogen) atoms. The highest BCUT2D eigenvalue weighted by Crippen LogP contribution is 2.34. The molecular formula is C18H15N3OS3. The molecule has 7 heteroatoms. The molecule has 0 aliphatic heterocycles. The first-order valence-electron chi connectivity index (χ1n) is 7.71. The monoisotopic (exact) mass is 385 g/mol. The smallest absolute Gasteiger partial charge is 0.262 e. The Labute approximate surface area is 157 Å². The highest BCUT2D eigenvalue weighted by molar-refractivity contribution is 7.26. The summed E-state index contributed by atoms with van der Waals surface area (Å²) in [4.78, 5) is 23.3. The Morgan fingerprint density at radius 1 is 1.12 bits per heavy atom. The molecule has 0 bridgehead atoms. The minimum absolute atomic E-state index is 0.0856. The molecule has 0 spiro atoms. The summed E-state index contributed by atoms with van der Waals surface area (Å²) < 4.78 is 1.15. The van der Waals surface area contributed by atoms with Gasteiger partial charge >= 0.3 is 0 Å². The van der Waals surface area contributed by atoms with Gasteiger partial charge in [-0.1, -0.05) is 12.1 Å². The summed E-state index contributed by atoms with van der Waals surface area (Å²) in [5, 5.41) is 6.83. The van der Waals surface area contributed by atoms with Gasteiger partial charge in [0.15, 0.2) is 0 Å². The van der Waals surface area contributed by atoms with Crippen LogP contribution in [0.3, 0.4) is 0 Å². The van der Waals surface area contributed by atoms with Gasteiger partial charge in [-0.05, 0) is 38.1 Å². The summed E-state index contributed by atoms with van der Waals surface area (Å²) in [7, 11) is 0. The predicted molar refractivity (Wildman–Crippen MR) is 106 cm³/mol. The number of para-hydroxylation sites is 1. The summed E-state index contributed by atoms with van der Waals surface area (Å²) in [6, 6.07) is 11.9.